The Morgan fingerprint density at radius 3 is 2.48 bits per heavy atom. The quantitative estimate of drug-likeness (QED) is 0.642. The molecule has 0 fully saturated rings. The zero-order valence-electron chi connectivity index (χ0n) is 17.3. The molecule has 0 bridgehead atoms. The standard InChI is InChI=1S/C20H28FN5O3/c1-24(2)9-8-22-19(27)17-14-29-18(23-17)13-26(11-10-25(3)4)20(28)15-6-5-7-16(21)12-15/h5-7,12,14H,8-11,13H2,1-4H3,(H,22,27). The number of likely N-dealkylation sites (N-methyl/N-ethyl adjacent to an activating group) is 2. The van der Waals surface area contributed by atoms with E-state index in [-0.39, 0.29) is 35.5 Å². The second-order valence-corrected chi connectivity index (χ2v) is 7.23. The van der Waals surface area contributed by atoms with E-state index < -0.39 is 5.82 Å². The fourth-order valence-corrected chi connectivity index (χ4v) is 2.51. The number of nitrogens with one attached hydrogen (secondary N) is 1. The molecule has 1 aromatic carbocycles. The lowest BCUT2D eigenvalue weighted by Gasteiger charge is -2.23. The zero-order chi connectivity index (χ0) is 21.4. The number of rotatable bonds is 10. The number of oxazole rings is 1. The summed E-state index contributed by atoms with van der Waals surface area (Å²) in [7, 11) is 7.62. The van der Waals surface area contributed by atoms with Crippen molar-refractivity contribution in [1.29, 1.82) is 0 Å². The van der Waals surface area contributed by atoms with Gasteiger partial charge in [-0.3, -0.25) is 9.59 Å². The van der Waals surface area contributed by atoms with Crippen LogP contribution in [0.15, 0.2) is 34.9 Å². The van der Waals surface area contributed by atoms with Crippen molar-refractivity contribution in [3.05, 3.63) is 53.5 Å². The Bertz CT molecular complexity index is 822. The molecule has 0 atom stereocenters. The Kier molecular flexibility index (Phi) is 8.29. The third-order valence-electron chi connectivity index (χ3n) is 4.13. The van der Waals surface area contributed by atoms with Gasteiger partial charge in [0.2, 0.25) is 5.89 Å². The number of hydrogen-bond donors (Lipinski definition) is 1. The Balaban J connectivity index is 2.08. The molecule has 1 heterocycles. The minimum absolute atomic E-state index is 0.0775. The summed E-state index contributed by atoms with van der Waals surface area (Å²) in [6.07, 6.45) is 1.27. The summed E-state index contributed by atoms with van der Waals surface area (Å²) in [5, 5.41) is 2.76. The second kappa shape index (κ2) is 10.7. The first-order valence-corrected chi connectivity index (χ1v) is 9.33. The van der Waals surface area contributed by atoms with Gasteiger partial charge in [0.1, 0.15) is 12.1 Å². The molecule has 0 aliphatic rings. The van der Waals surface area contributed by atoms with Gasteiger partial charge < -0.3 is 24.4 Å². The van der Waals surface area contributed by atoms with Crippen LogP contribution in [0.2, 0.25) is 0 Å². The van der Waals surface area contributed by atoms with Crippen LogP contribution in [-0.2, 0) is 6.54 Å². The molecule has 9 heteroatoms. The first kappa shape index (κ1) is 22.5. The van der Waals surface area contributed by atoms with Gasteiger partial charge in [-0.25, -0.2) is 9.37 Å². The van der Waals surface area contributed by atoms with E-state index in [9.17, 15) is 14.0 Å². The van der Waals surface area contributed by atoms with Crippen molar-refractivity contribution < 1.29 is 18.4 Å². The highest BCUT2D eigenvalue weighted by Crippen LogP contribution is 2.12. The van der Waals surface area contributed by atoms with Gasteiger partial charge in [0.05, 0.1) is 6.54 Å². The van der Waals surface area contributed by atoms with E-state index in [1.165, 1.54) is 29.4 Å². The monoisotopic (exact) mass is 405 g/mol. The van der Waals surface area contributed by atoms with Crippen molar-refractivity contribution in [3.63, 3.8) is 0 Å². The number of benzene rings is 1. The highest BCUT2D eigenvalue weighted by atomic mass is 19.1. The first-order chi connectivity index (χ1) is 13.8. The summed E-state index contributed by atoms with van der Waals surface area (Å²) in [5.41, 5.74) is 0.404. The highest BCUT2D eigenvalue weighted by Gasteiger charge is 2.20. The summed E-state index contributed by atoms with van der Waals surface area (Å²) in [6.45, 7) is 2.28. The smallest absolute Gasteiger partial charge is 0.273 e. The molecule has 0 aliphatic heterocycles. The molecule has 158 valence electrons. The van der Waals surface area contributed by atoms with Crippen LogP contribution in [0, 0.1) is 5.82 Å². The molecule has 2 rings (SSSR count). The molecule has 0 saturated carbocycles. The predicted octanol–water partition coefficient (Wildman–Crippen LogP) is 1.31. The number of carbonyl (C=O) groups is 2. The molecule has 0 aliphatic carbocycles. The minimum Gasteiger partial charge on any atom is -0.446 e. The molecule has 0 saturated heterocycles. The maximum absolute atomic E-state index is 13.5. The molecular formula is C20H28FN5O3. The molecule has 2 aromatic rings. The third kappa shape index (κ3) is 7.28. The lowest BCUT2D eigenvalue weighted by atomic mass is 10.2. The molecule has 0 unspecified atom stereocenters. The maximum Gasteiger partial charge on any atom is 0.273 e. The lowest BCUT2D eigenvalue weighted by Crippen LogP contribution is -2.36. The van der Waals surface area contributed by atoms with E-state index in [1.54, 1.807) is 6.07 Å². The van der Waals surface area contributed by atoms with Gasteiger partial charge in [0.25, 0.3) is 11.8 Å². The number of amides is 2. The van der Waals surface area contributed by atoms with Crippen molar-refractivity contribution in [2.24, 2.45) is 0 Å². The Hall–Kier alpha value is -2.78. The second-order valence-electron chi connectivity index (χ2n) is 7.23. The van der Waals surface area contributed by atoms with Gasteiger partial charge in [0, 0.05) is 31.7 Å². The average molecular weight is 405 g/mol. The van der Waals surface area contributed by atoms with Gasteiger partial charge in [-0.2, -0.15) is 0 Å². The van der Waals surface area contributed by atoms with Crippen LogP contribution in [-0.4, -0.2) is 85.9 Å². The van der Waals surface area contributed by atoms with Crippen molar-refractivity contribution in [3.8, 4) is 0 Å². The van der Waals surface area contributed by atoms with Crippen LogP contribution < -0.4 is 5.32 Å². The summed E-state index contributed by atoms with van der Waals surface area (Å²) in [5.74, 6) is -0.901. The highest BCUT2D eigenvalue weighted by molar-refractivity contribution is 5.94. The van der Waals surface area contributed by atoms with Crippen LogP contribution in [0.4, 0.5) is 4.39 Å². The minimum atomic E-state index is -0.476. The molecule has 1 N–H and O–H groups in total. The largest absolute Gasteiger partial charge is 0.446 e. The first-order valence-electron chi connectivity index (χ1n) is 9.33. The van der Waals surface area contributed by atoms with Crippen LogP contribution >= 0.6 is 0 Å². The molecule has 2 amide bonds. The van der Waals surface area contributed by atoms with E-state index in [0.717, 1.165) is 0 Å². The van der Waals surface area contributed by atoms with Gasteiger partial charge >= 0.3 is 0 Å². The Morgan fingerprint density at radius 2 is 1.83 bits per heavy atom. The van der Waals surface area contributed by atoms with Gasteiger partial charge in [-0.05, 0) is 46.4 Å². The van der Waals surface area contributed by atoms with Gasteiger partial charge in [-0.15, -0.1) is 0 Å². The summed E-state index contributed by atoms with van der Waals surface area (Å²) < 4.78 is 18.9. The maximum atomic E-state index is 13.5. The fourth-order valence-electron chi connectivity index (χ4n) is 2.51. The fraction of sp³-hybridized carbons (Fsp3) is 0.450. The van der Waals surface area contributed by atoms with Crippen molar-refractivity contribution in [2.75, 3.05) is 54.4 Å². The summed E-state index contributed by atoms with van der Waals surface area (Å²) >= 11 is 0. The van der Waals surface area contributed by atoms with Crippen LogP contribution in [0.25, 0.3) is 0 Å². The van der Waals surface area contributed by atoms with Crippen LogP contribution in [0.1, 0.15) is 26.7 Å². The van der Waals surface area contributed by atoms with Gasteiger partial charge in [0.15, 0.2) is 5.69 Å². The van der Waals surface area contributed by atoms with E-state index in [0.29, 0.717) is 26.2 Å². The van der Waals surface area contributed by atoms with E-state index in [1.807, 2.05) is 38.0 Å². The number of hydrogen-bond acceptors (Lipinski definition) is 6. The van der Waals surface area contributed by atoms with Crippen molar-refractivity contribution >= 4 is 11.8 Å². The zero-order valence-corrected chi connectivity index (χ0v) is 17.3. The molecule has 29 heavy (non-hydrogen) atoms. The van der Waals surface area contributed by atoms with Gasteiger partial charge in [-0.1, -0.05) is 6.07 Å². The SMILES string of the molecule is CN(C)CCNC(=O)c1coc(CN(CCN(C)C)C(=O)c2cccc(F)c2)n1. The third-order valence-corrected chi connectivity index (χ3v) is 4.13. The van der Waals surface area contributed by atoms with E-state index in [4.69, 9.17) is 4.42 Å². The van der Waals surface area contributed by atoms with Crippen LogP contribution in [0.5, 0.6) is 0 Å². The molecular weight excluding hydrogens is 377 g/mol. The molecule has 0 spiro atoms. The number of nitrogens with zero attached hydrogens (tertiary/aromatic N) is 4. The predicted molar refractivity (Wildman–Crippen MR) is 107 cm³/mol. The van der Waals surface area contributed by atoms with Crippen molar-refractivity contribution in [2.45, 2.75) is 6.54 Å². The molecule has 1 aromatic heterocycles. The normalized spacial score (nSPS) is 11.1. The van der Waals surface area contributed by atoms with E-state index in [2.05, 4.69) is 10.3 Å². The molecule has 8 nitrogen and oxygen atoms in total. The van der Waals surface area contributed by atoms with Crippen molar-refractivity contribution in [1.82, 2.24) is 25.0 Å². The Morgan fingerprint density at radius 1 is 1.10 bits per heavy atom. The number of carbonyl (C=O) groups excluding carboxylic acids is 2. The summed E-state index contributed by atoms with van der Waals surface area (Å²) in [4.78, 5) is 34.6. The Labute approximate surface area is 170 Å². The number of aromatic nitrogens is 1. The average Bonchev–Trinajstić information content (AvgIpc) is 3.12. The van der Waals surface area contributed by atoms with E-state index >= 15 is 0 Å². The number of halogens is 1. The topological polar surface area (TPSA) is 81.9 Å². The van der Waals surface area contributed by atoms with Crippen LogP contribution in [0.3, 0.4) is 0 Å². The molecule has 0 radical (unpaired) electrons. The summed E-state index contributed by atoms with van der Waals surface area (Å²) in [6, 6.07) is 5.54. The lowest BCUT2D eigenvalue weighted by molar-refractivity contribution is 0.0716.